The zero-order valence-electron chi connectivity index (χ0n) is 8.99. The van der Waals surface area contributed by atoms with Gasteiger partial charge in [-0.3, -0.25) is 4.72 Å². The van der Waals surface area contributed by atoms with E-state index in [2.05, 4.69) is 4.72 Å². The van der Waals surface area contributed by atoms with Crippen molar-refractivity contribution >= 4 is 38.8 Å². The molecule has 0 radical (unpaired) electrons. The molecule has 1 aromatic heterocycles. The SMILES string of the molecule is O=C(O)c1cc2c3c(ccn3C=CS(=O)(=O)N2)c1. The van der Waals surface area contributed by atoms with Crippen LogP contribution >= 0.6 is 0 Å². The predicted octanol–water partition coefficient (Wildman–Crippen LogP) is 1.52. The number of rotatable bonds is 1. The minimum absolute atomic E-state index is 0.0415. The molecule has 1 aliphatic rings. The molecule has 0 bridgehead atoms. The van der Waals surface area contributed by atoms with Gasteiger partial charge in [-0.25, -0.2) is 13.2 Å². The first-order valence-electron chi connectivity index (χ1n) is 5.05. The highest BCUT2D eigenvalue weighted by Crippen LogP contribution is 2.30. The molecule has 0 aliphatic carbocycles. The molecule has 7 heteroatoms. The molecule has 0 atom stereocenters. The van der Waals surface area contributed by atoms with E-state index in [0.717, 1.165) is 5.41 Å². The molecule has 0 unspecified atom stereocenters. The number of hydrogen-bond acceptors (Lipinski definition) is 3. The van der Waals surface area contributed by atoms with Gasteiger partial charge in [0.2, 0.25) is 0 Å². The van der Waals surface area contributed by atoms with Crippen LogP contribution in [0.1, 0.15) is 10.4 Å². The highest BCUT2D eigenvalue weighted by atomic mass is 32.2. The summed E-state index contributed by atoms with van der Waals surface area (Å²) in [5, 5.41) is 10.7. The summed E-state index contributed by atoms with van der Waals surface area (Å²) in [5.74, 6) is -1.10. The maximum atomic E-state index is 11.6. The molecule has 0 saturated carbocycles. The quantitative estimate of drug-likeness (QED) is 0.817. The second kappa shape index (κ2) is 3.36. The van der Waals surface area contributed by atoms with Crippen molar-refractivity contribution in [2.75, 3.05) is 4.72 Å². The van der Waals surface area contributed by atoms with Crippen LogP contribution in [0.2, 0.25) is 0 Å². The number of aromatic carboxylic acids is 1. The van der Waals surface area contributed by atoms with E-state index in [1.165, 1.54) is 18.3 Å². The second-order valence-electron chi connectivity index (χ2n) is 3.92. The van der Waals surface area contributed by atoms with E-state index in [1.807, 2.05) is 0 Å². The summed E-state index contributed by atoms with van der Waals surface area (Å²) in [7, 11) is -3.59. The van der Waals surface area contributed by atoms with Crippen LogP contribution in [0.25, 0.3) is 17.1 Å². The van der Waals surface area contributed by atoms with Crippen molar-refractivity contribution in [2.24, 2.45) is 0 Å². The fraction of sp³-hybridized carbons (Fsp3) is 0. The zero-order valence-corrected chi connectivity index (χ0v) is 9.81. The van der Waals surface area contributed by atoms with E-state index < -0.39 is 16.0 Å². The molecule has 3 rings (SSSR count). The van der Waals surface area contributed by atoms with Crippen molar-refractivity contribution < 1.29 is 18.3 Å². The van der Waals surface area contributed by atoms with E-state index >= 15 is 0 Å². The van der Waals surface area contributed by atoms with Gasteiger partial charge in [0.25, 0.3) is 10.0 Å². The van der Waals surface area contributed by atoms with Crippen LogP contribution in [-0.4, -0.2) is 24.1 Å². The lowest BCUT2D eigenvalue weighted by Crippen LogP contribution is -2.09. The number of carbonyl (C=O) groups is 1. The lowest BCUT2D eigenvalue weighted by Gasteiger charge is -2.06. The van der Waals surface area contributed by atoms with Crippen molar-refractivity contribution in [3.63, 3.8) is 0 Å². The Morgan fingerprint density at radius 1 is 1.33 bits per heavy atom. The Morgan fingerprint density at radius 2 is 2.11 bits per heavy atom. The van der Waals surface area contributed by atoms with Gasteiger partial charge in [-0.15, -0.1) is 0 Å². The number of carboxylic acids is 1. The smallest absolute Gasteiger partial charge is 0.335 e. The molecule has 2 heterocycles. The van der Waals surface area contributed by atoms with Gasteiger partial charge in [0.1, 0.15) is 0 Å². The summed E-state index contributed by atoms with van der Waals surface area (Å²) in [6, 6.07) is 4.55. The van der Waals surface area contributed by atoms with Gasteiger partial charge in [0, 0.05) is 17.8 Å². The number of carboxylic acid groups (broad SMARTS) is 1. The van der Waals surface area contributed by atoms with Gasteiger partial charge in [-0.1, -0.05) is 0 Å². The van der Waals surface area contributed by atoms with Crippen LogP contribution in [0.5, 0.6) is 0 Å². The van der Waals surface area contributed by atoms with E-state index in [-0.39, 0.29) is 11.3 Å². The number of nitrogens with one attached hydrogen (secondary N) is 1. The average molecular weight is 264 g/mol. The Balaban J connectivity index is 2.40. The molecule has 92 valence electrons. The average Bonchev–Trinajstić information content (AvgIpc) is 2.63. The van der Waals surface area contributed by atoms with Crippen LogP contribution in [0.4, 0.5) is 5.69 Å². The summed E-state index contributed by atoms with van der Waals surface area (Å²) < 4.78 is 27.2. The summed E-state index contributed by atoms with van der Waals surface area (Å²) in [4.78, 5) is 11.0. The highest BCUT2D eigenvalue weighted by molar-refractivity contribution is 7.95. The number of nitrogens with zero attached hydrogens (tertiary/aromatic N) is 1. The van der Waals surface area contributed by atoms with Gasteiger partial charge in [0.05, 0.1) is 22.2 Å². The zero-order chi connectivity index (χ0) is 12.9. The van der Waals surface area contributed by atoms with E-state index in [0.29, 0.717) is 10.9 Å². The number of anilines is 1. The maximum Gasteiger partial charge on any atom is 0.335 e. The number of hydrogen-bond donors (Lipinski definition) is 2. The molecule has 0 amide bonds. The van der Waals surface area contributed by atoms with Crippen molar-refractivity contribution in [2.45, 2.75) is 0 Å². The van der Waals surface area contributed by atoms with Gasteiger partial charge in [-0.2, -0.15) is 0 Å². The Kier molecular flexibility index (Phi) is 2.02. The molecule has 6 nitrogen and oxygen atoms in total. The normalized spacial score (nSPS) is 16.2. The topological polar surface area (TPSA) is 88.4 Å². The fourth-order valence-corrected chi connectivity index (χ4v) is 2.79. The predicted molar refractivity (Wildman–Crippen MR) is 66.8 cm³/mol. The Morgan fingerprint density at radius 3 is 2.83 bits per heavy atom. The minimum Gasteiger partial charge on any atom is -0.478 e. The van der Waals surface area contributed by atoms with E-state index in [4.69, 9.17) is 5.11 Å². The van der Waals surface area contributed by atoms with Gasteiger partial charge in [-0.05, 0) is 18.2 Å². The van der Waals surface area contributed by atoms with Crippen LogP contribution in [-0.2, 0) is 10.0 Å². The van der Waals surface area contributed by atoms with Gasteiger partial charge < -0.3 is 9.67 Å². The molecule has 0 fully saturated rings. The molecule has 1 aliphatic heterocycles. The van der Waals surface area contributed by atoms with Crippen LogP contribution in [0, 0.1) is 0 Å². The molecule has 0 saturated heterocycles. The number of benzene rings is 1. The molecule has 1 aromatic carbocycles. The Bertz CT molecular complexity index is 802. The van der Waals surface area contributed by atoms with Gasteiger partial charge >= 0.3 is 5.97 Å². The van der Waals surface area contributed by atoms with Crippen molar-refractivity contribution in [3.05, 3.63) is 35.4 Å². The molecule has 2 aromatic rings. The molecular formula is C11H8N2O4S. The van der Waals surface area contributed by atoms with Crippen molar-refractivity contribution in [1.29, 1.82) is 0 Å². The Hall–Kier alpha value is -2.28. The van der Waals surface area contributed by atoms with Crippen LogP contribution < -0.4 is 4.72 Å². The van der Waals surface area contributed by atoms with Crippen LogP contribution in [0.15, 0.2) is 29.8 Å². The summed E-state index contributed by atoms with van der Waals surface area (Å²) >= 11 is 0. The Labute approximate surface area is 102 Å². The largest absolute Gasteiger partial charge is 0.478 e. The molecule has 2 N–H and O–H groups in total. The first-order chi connectivity index (χ1) is 8.46. The van der Waals surface area contributed by atoms with E-state index in [1.54, 1.807) is 16.8 Å². The van der Waals surface area contributed by atoms with Gasteiger partial charge in [0.15, 0.2) is 0 Å². The summed E-state index contributed by atoms with van der Waals surface area (Å²) in [5.41, 5.74) is 0.942. The lowest BCUT2D eigenvalue weighted by molar-refractivity contribution is 0.0697. The van der Waals surface area contributed by atoms with E-state index in [9.17, 15) is 13.2 Å². The summed E-state index contributed by atoms with van der Waals surface area (Å²) in [6.07, 6.45) is 3.10. The third-order valence-electron chi connectivity index (χ3n) is 2.71. The van der Waals surface area contributed by atoms with Crippen LogP contribution in [0.3, 0.4) is 0 Å². The highest BCUT2D eigenvalue weighted by Gasteiger charge is 2.18. The standard InChI is InChI=1S/C11H8N2O4S/c14-11(15)8-5-7-1-2-13-3-4-18(16,17)12-9(6-8)10(7)13/h1-6,12H,(H,14,15). The molecule has 0 spiro atoms. The minimum atomic E-state index is -3.59. The van der Waals surface area contributed by atoms with Crippen molar-refractivity contribution in [3.8, 4) is 0 Å². The monoisotopic (exact) mass is 264 g/mol. The molecule has 18 heavy (non-hydrogen) atoms. The first kappa shape index (κ1) is 10.8. The van der Waals surface area contributed by atoms with Crippen molar-refractivity contribution in [1.82, 2.24) is 4.57 Å². The fourth-order valence-electron chi connectivity index (χ4n) is 1.97. The lowest BCUT2D eigenvalue weighted by atomic mass is 10.1. The summed E-state index contributed by atoms with van der Waals surface area (Å²) in [6.45, 7) is 0. The molecular weight excluding hydrogens is 256 g/mol. The first-order valence-corrected chi connectivity index (χ1v) is 6.60. The number of aromatic nitrogens is 1. The third kappa shape index (κ3) is 1.56. The number of sulfonamides is 1. The second-order valence-corrected chi connectivity index (χ2v) is 5.49. The maximum absolute atomic E-state index is 11.6. The third-order valence-corrected chi connectivity index (χ3v) is 3.70.